The highest BCUT2D eigenvalue weighted by atomic mass is 35.5. The van der Waals surface area contributed by atoms with E-state index < -0.39 is 0 Å². The van der Waals surface area contributed by atoms with Gasteiger partial charge in [-0.3, -0.25) is 4.79 Å². The lowest BCUT2D eigenvalue weighted by Gasteiger charge is -2.30. The Labute approximate surface area is 125 Å². The Kier molecular flexibility index (Phi) is 6.96. The van der Waals surface area contributed by atoms with Crippen LogP contribution in [0.25, 0.3) is 0 Å². The van der Waals surface area contributed by atoms with Crippen LogP contribution >= 0.6 is 12.4 Å². The zero-order valence-electron chi connectivity index (χ0n) is 11.6. The first-order chi connectivity index (χ1) is 9.22. The summed E-state index contributed by atoms with van der Waals surface area (Å²) in [5, 5.41) is 3.38. The molecule has 1 aromatic carbocycles. The average molecular weight is 302 g/mol. The normalized spacial score (nSPS) is 19.8. The number of benzene rings is 1. The minimum absolute atomic E-state index is 0. The van der Waals surface area contributed by atoms with E-state index in [0.717, 1.165) is 31.4 Å². The second kappa shape index (κ2) is 8.22. The smallest absolute Gasteiger partial charge is 0.315 e. The molecule has 1 heterocycles. The number of esters is 1. The third-order valence-electron chi connectivity index (χ3n) is 3.52. The highest BCUT2D eigenvalue weighted by Crippen LogP contribution is 2.27. The van der Waals surface area contributed by atoms with E-state index in [1.807, 2.05) is 0 Å². The van der Waals surface area contributed by atoms with Crippen molar-refractivity contribution in [1.82, 2.24) is 5.32 Å². The minimum Gasteiger partial charge on any atom is -0.465 e. The molecule has 1 saturated heterocycles. The predicted molar refractivity (Wildman–Crippen MR) is 78.7 cm³/mol. The van der Waals surface area contributed by atoms with Crippen molar-refractivity contribution in [3.05, 3.63) is 35.6 Å². The molecule has 20 heavy (non-hydrogen) atoms. The zero-order chi connectivity index (χ0) is 13.7. The van der Waals surface area contributed by atoms with Crippen molar-refractivity contribution in [2.24, 2.45) is 0 Å². The quantitative estimate of drug-likeness (QED) is 0.869. The summed E-state index contributed by atoms with van der Waals surface area (Å²) in [6.45, 7) is 3.08. The van der Waals surface area contributed by atoms with E-state index in [0.29, 0.717) is 6.61 Å². The number of hydrogen-bond donors (Lipinski definition) is 1. The SMILES string of the molecule is CCOC(=O)[C@H](c1ccc(F)cc1)[C@H]1CCCCN1.Cl. The molecule has 0 radical (unpaired) electrons. The fourth-order valence-corrected chi connectivity index (χ4v) is 2.60. The average Bonchev–Trinajstić information content (AvgIpc) is 2.43. The van der Waals surface area contributed by atoms with Gasteiger partial charge in [-0.2, -0.15) is 0 Å². The molecule has 5 heteroatoms. The fourth-order valence-electron chi connectivity index (χ4n) is 2.60. The lowest BCUT2D eigenvalue weighted by Crippen LogP contribution is -2.42. The Morgan fingerprint density at radius 2 is 2.10 bits per heavy atom. The maximum atomic E-state index is 13.0. The number of carbonyl (C=O) groups excluding carboxylic acids is 1. The molecule has 1 aliphatic heterocycles. The van der Waals surface area contributed by atoms with Crippen LogP contribution in [0.2, 0.25) is 0 Å². The van der Waals surface area contributed by atoms with Gasteiger partial charge < -0.3 is 10.1 Å². The van der Waals surface area contributed by atoms with Crippen LogP contribution in [0.1, 0.15) is 37.7 Å². The maximum Gasteiger partial charge on any atom is 0.315 e. The second-order valence-corrected chi connectivity index (χ2v) is 4.84. The monoisotopic (exact) mass is 301 g/mol. The van der Waals surface area contributed by atoms with Crippen LogP contribution in [0.5, 0.6) is 0 Å². The van der Waals surface area contributed by atoms with Crippen molar-refractivity contribution in [2.75, 3.05) is 13.2 Å². The second-order valence-electron chi connectivity index (χ2n) is 4.84. The van der Waals surface area contributed by atoms with Crippen molar-refractivity contribution in [3.63, 3.8) is 0 Å². The van der Waals surface area contributed by atoms with Gasteiger partial charge in [0.15, 0.2) is 0 Å². The molecule has 0 aliphatic carbocycles. The van der Waals surface area contributed by atoms with Crippen molar-refractivity contribution >= 4 is 18.4 Å². The van der Waals surface area contributed by atoms with Gasteiger partial charge in [-0.05, 0) is 44.0 Å². The van der Waals surface area contributed by atoms with Crippen LogP contribution in [0, 0.1) is 5.82 Å². The van der Waals surface area contributed by atoms with Crippen LogP contribution < -0.4 is 5.32 Å². The summed E-state index contributed by atoms with van der Waals surface area (Å²) in [6.07, 6.45) is 3.19. The summed E-state index contributed by atoms with van der Waals surface area (Å²) >= 11 is 0. The number of carbonyl (C=O) groups is 1. The fraction of sp³-hybridized carbons (Fsp3) is 0.533. The molecule has 0 aromatic heterocycles. The van der Waals surface area contributed by atoms with Gasteiger partial charge in [0.2, 0.25) is 0 Å². The van der Waals surface area contributed by atoms with Gasteiger partial charge >= 0.3 is 5.97 Å². The van der Waals surface area contributed by atoms with Gasteiger partial charge in [-0.15, -0.1) is 12.4 Å². The van der Waals surface area contributed by atoms with Gasteiger partial charge in [-0.25, -0.2) is 4.39 Å². The summed E-state index contributed by atoms with van der Waals surface area (Å²) in [6, 6.07) is 6.22. The standard InChI is InChI=1S/C15H20FNO2.ClH/c1-2-19-15(18)14(13-5-3-4-10-17-13)11-6-8-12(16)9-7-11;/h6-9,13-14,17H,2-5,10H2,1H3;1H/t13-,14-;/m1./s1. The third-order valence-corrected chi connectivity index (χ3v) is 3.52. The summed E-state index contributed by atoms with van der Waals surface area (Å²) < 4.78 is 18.2. The van der Waals surface area contributed by atoms with Gasteiger partial charge in [-0.1, -0.05) is 18.6 Å². The summed E-state index contributed by atoms with van der Waals surface area (Å²) in [5.41, 5.74) is 0.819. The predicted octanol–water partition coefficient (Wildman–Crippen LogP) is 3.04. The largest absolute Gasteiger partial charge is 0.465 e. The van der Waals surface area contributed by atoms with E-state index >= 15 is 0 Å². The van der Waals surface area contributed by atoms with E-state index in [1.165, 1.54) is 12.1 Å². The minimum atomic E-state index is -0.346. The van der Waals surface area contributed by atoms with E-state index in [1.54, 1.807) is 19.1 Å². The first kappa shape index (κ1) is 16.9. The lowest BCUT2D eigenvalue weighted by atomic mass is 9.86. The molecule has 0 spiro atoms. The van der Waals surface area contributed by atoms with Gasteiger partial charge in [0.25, 0.3) is 0 Å². The number of ether oxygens (including phenoxy) is 1. The van der Waals surface area contributed by atoms with E-state index in [2.05, 4.69) is 5.32 Å². The summed E-state index contributed by atoms with van der Waals surface area (Å²) in [5.74, 6) is -0.864. The van der Waals surface area contributed by atoms with Crippen molar-refractivity contribution in [2.45, 2.75) is 38.1 Å². The van der Waals surface area contributed by atoms with E-state index in [9.17, 15) is 9.18 Å². The first-order valence-corrected chi connectivity index (χ1v) is 6.88. The number of piperidine rings is 1. The molecular weight excluding hydrogens is 281 g/mol. The summed E-state index contributed by atoms with van der Waals surface area (Å²) in [7, 11) is 0. The molecule has 0 bridgehead atoms. The Balaban J connectivity index is 0.00000200. The molecule has 3 nitrogen and oxygen atoms in total. The van der Waals surface area contributed by atoms with Crippen molar-refractivity contribution in [1.29, 1.82) is 0 Å². The lowest BCUT2D eigenvalue weighted by molar-refractivity contribution is -0.145. The number of halogens is 2. The Morgan fingerprint density at radius 1 is 1.40 bits per heavy atom. The van der Waals surface area contributed by atoms with Crippen molar-refractivity contribution < 1.29 is 13.9 Å². The molecule has 1 aromatic rings. The van der Waals surface area contributed by atoms with Crippen LogP contribution in [0.15, 0.2) is 24.3 Å². The number of rotatable bonds is 4. The van der Waals surface area contributed by atoms with Crippen LogP contribution in [0.4, 0.5) is 4.39 Å². The van der Waals surface area contributed by atoms with E-state index in [4.69, 9.17) is 4.74 Å². The Hall–Kier alpha value is -1.13. The number of nitrogens with one attached hydrogen (secondary N) is 1. The van der Waals surface area contributed by atoms with Crippen LogP contribution in [0.3, 0.4) is 0 Å². The molecule has 1 fully saturated rings. The Bertz CT molecular complexity index is 418. The molecule has 2 rings (SSSR count). The topological polar surface area (TPSA) is 38.3 Å². The molecule has 0 unspecified atom stereocenters. The van der Waals surface area contributed by atoms with Crippen LogP contribution in [-0.4, -0.2) is 25.2 Å². The Morgan fingerprint density at radius 3 is 2.65 bits per heavy atom. The molecule has 1 aliphatic rings. The maximum absolute atomic E-state index is 13.0. The highest BCUT2D eigenvalue weighted by molar-refractivity contribution is 5.85. The van der Waals surface area contributed by atoms with Crippen LogP contribution in [-0.2, 0) is 9.53 Å². The molecule has 2 atom stereocenters. The van der Waals surface area contributed by atoms with Gasteiger partial charge in [0, 0.05) is 6.04 Å². The highest BCUT2D eigenvalue weighted by Gasteiger charge is 2.31. The third kappa shape index (κ3) is 4.18. The molecule has 0 amide bonds. The van der Waals surface area contributed by atoms with E-state index in [-0.39, 0.29) is 36.2 Å². The molecule has 0 saturated carbocycles. The zero-order valence-corrected chi connectivity index (χ0v) is 12.4. The van der Waals surface area contributed by atoms with Gasteiger partial charge in [0.05, 0.1) is 12.5 Å². The van der Waals surface area contributed by atoms with Gasteiger partial charge in [0.1, 0.15) is 5.82 Å². The summed E-state index contributed by atoms with van der Waals surface area (Å²) in [4.78, 5) is 12.2. The first-order valence-electron chi connectivity index (χ1n) is 6.88. The van der Waals surface area contributed by atoms with Crippen molar-refractivity contribution in [3.8, 4) is 0 Å². The molecular formula is C15H21ClFNO2. The molecule has 1 N–H and O–H groups in total. The molecule has 112 valence electrons. The number of hydrogen-bond acceptors (Lipinski definition) is 3.